The monoisotopic (exact) mass is 407 g/mol. The molecule has 1 fully saturated rings. The number of aromatic nitrogens is 1. The van der Waals surface area contributed by atoms with Gasteiger partial charge in [0.15, 0.2) is 0 Å². The number of carbonyl (C=O) groups is 1. The van der Waals surface area contributed by atoms with Crippen LogP contribution in [0, 0.1) is 12.7 Å². The van der Waals surface area contributed by atoms with Crippen molar-refractivity contribution in [1.29, 1.82) is 0 Å². The van der Waals surface area contributed by atoms with Crippen LogP contribution in [0.5, 0.6) is 5.88 Å². The van der Waals surface area contributed by atoms with E-state index in [-0.39, 0.29) is 24.4 Å². The third-order valence-corrected chi connectivity index (χ3v) is 5.35. The van der Waals surface area contributed by atoms with Crippen LogP contribution in [0.2, 0.25) is 0 Å². The third-order valence-electron chi connectivity index (χ3n) is 5.35. The van der Waals surface area contributed by atoms with Crippen LogP contribution in [0.3, 0.4) is 0 Å². The first kappa shape index (κ1) is 20.3. The molecule has 156 valence electrons. The highest BCUT2D eigenvalue weighted by Crippen LogP contribution is 2.25. The van der Waals surface area contributed by atoms with Gasteiger partial charge in [-0.2, -0.15) is 0 Å². The predicted molar refractivity (Wildman–Crippen MR) is 115 cm³/mol. The summed E-state index contributed by atoms with van der Waals surface area (Å²) in [6.07, 6.45) is 2.82. The van der Waals surface area contributed by atoms with Gasteiger partial charge in [0.2, 0.25) is 11.8 Å². The summed E-state index contributed by atoms with van der Waals surface area (Å²) < 4.78 is 19.5. The maximum absolute atomic E-state index is 13.5. The molecule has 2 heterocycles. The van der Waals surface area contributed by atoms with Gasteiger partial charge >= 0.3 is 0 Å². The molecular weight excluding hydrogens is 381 g/mol. The van der Waals surface area contributed by atoms with Crippen molar-refractivity contribution in [1.82, 2.24) is 15.6 Å². The van der Waals surface area contributed by atoms with E-state index in [0.717, 1.165) is 53.4 Å². The first-order valence-electron chi connectivity index (χ1n) is 10.4. The molecule has 0 aliphatic carbocycles. The number of hydrogen-bond acceptors (Lipinski definition) is 4. The van der Waals surface area contributed by atoms with E-state index in [1.807, 2.05) is 25.1 Å². The lowest BCUT2D eigenvalue weighted by atomic mass is 10.1. The fourth-order valence-electron chi connectivity index (χ4n) is 3.72. The number of amides is 1. The molecule has 1 aliphatic heterocycles. The van der Waals surface area contributed by atoms with E-state index >= 15 is 0 Å². The van der Waals surface area contributed by atoms with Crippen molar-refractivity contribution in [3.05, 3.63) is 71.0 Å². The molecule has 0 radical (unpaired) electrons. The Bertz CT molecular complexity index is 1050. The second-order valence-corrected chi connectivity index (χ2v) is 7.79. The van der Waals surface area contributed by atoms with Gasteiger partial charge in [0.1, 0.15) is 12.4 Å². The third kappa shape index (κ3) is 4.94. The molecule has 2 aromatic carbocycles. The molecule has 1 saturated heterocycles. The lowest BCUT2D eigenvalue weighted by Gasteiger charge is -2.17. The van der Waals surface area contributed by atoms with E-state index in [1.54, 1.807) is 6.07 Å². The molecule has 0 saturated carbocycles. The summed E-state index contributed by atoms with van der Waals surface area (Å²) >= 11 is 0. The summed E-state index contributed by atoms with van der Waals surface area (Å²) in [5, 5.41) is 7.34. The highest BCUT2D eigenvalue weighted by molar-refractivity contribution is 5.82. The van der Waals surface area contributed by atoms with E-state index in [2.05, 4.69) is 22.8 Å². The number of aryl methyl sites for hydroxylation is 1. The van der Waals surface area contributed by atoms with Crippen LogP contribution in [-0.4, -0.2) is 23.5 Å². The summed E-state index contributed by atoms with van der Waals surface area (Å²) in [4.78, 5) is 17.0. The Morgan fingerprint density at radius 1 is 1.20 bits per heavy atom. The van der Waals surface area contributed by atoms with Crippen LogP contribution in [0.25, 0.3) is 10.9 Å². The Balaban J connectivity index is 1.58. The standard InChI is InChI=1S/C24H26FN3O2/c1-16-8-9-21-18(11-16)13-19(14-27-22-7-2-3-10-26-23(22)29)24(28-21)30-15-17-5-4-6-20(25)12-17/h4-6,8-9,11-13,22,27H,2-3,7,10,14-15H2,1H3,(H,26,29)/t22-/m0/s1. The average molecular weight is 407 g/mol. The number of halogens is 1. The van der Waals surface area contributed by atoms with Gasteiger partial charge in [0.05, 0.1) is 11.6 Å². The van der Waals surface area contributed by atoms with Crippen molar-refractivity contribution in [3.8, 4) is 5.88 Å². The molecule has 1 aliphatic rings. The summed E-state index contributed by atoms with van der Waals surface area (Å²) in [5.41, 5.74) is 3.61. The van der Waals surface area contributed by atoms with Crippen molar-refractivity contribution in [3.63, 3.8) is 0 Å². The molecule has 2 N–H and O–H groups in total. The van der Waals surface area contributed by atoms with Crippen LogP contribution in [0.1, 0.15) is 36.0 Å². The number of rotatable bonds is 6. The van der Waals surface area contributed by atoms with Crippen LogP contribution in [0.4, 0.5) is 4.39 Å². The Kier molecular flexibility index (Phi) is 6.23. The predicted octanol–water partition coefficient (Wildman–Crippen LogP) is 4.02. The van der Waals surface area contributed by atoms with E-state index in [9.17, 15) is 9.18 Å². The number of hydrogen-bond donors (Lipinski definition) is 2. The normalized spacial score (nSPS) is 16.9. The molecular formula is C24H26FN3O2. The fourth-order valence-corrected chi connectivity index (χ4v) is 3.72. The van der Waals surface area contributed by atoms with Crippen LogP contribution < -0.4 is 15.4 Å². The van der Waals surface area contributed by atoms with E-state index in [0.29, 0.717) is 12.4 Å². The highest BCUT2D eigenvalue weighted by atomic mass is 19.1. The van der Waals surface area contributed by atoms with Crippen molar-refractivity contribution < 1.29 is 13.9 Å². The number of nitrogens with one attached hydrogen (secondary N) is 2. The quantitative estimate of drug-likeness (QED) is 0.648. The van der Waals surface area contributed by atoms with Crippen LogP contribution in [0.15, 0.2) is 48.5 Å². The van der Waals surface area contributed by atoms with Crippen molar-refractivity contribution in [2.24, 2.45) is 0 Å². The summed E-state index contributed by atoms with van der Waals surface area (Å²) in [5.74, 6) is 0.246. The second-order valence-electron chi connectivity index (χ2n) is 7.79. The van der Waals surface area contributed by atoms with Gasteiger partial charge in [-0.15, -0.1) is 0 Å². The number of fused-ring (bicyclic) bond motifs is 1. The maximum atomic E-state index is 13.5. The van der Waals surface area contributed by atoms with Gasteiger partial charge in [0.25, 0.3) is 0 Å². The van der Waals surface area contributed by atoms with Gasteiger partial charge in [-0.05, 0) is 62.1 Å². The number of ether oxygens (including phenoxy) is 1. The highest BCUT2D eigenvalue weighted by Gasteiger charge is 2.21. The number of pyridine rings is 1. The molecule has 5 nitrogen and oxygen atoms in total. The molecule has 30 heavy (non-hydrogen) atoms. The zero-order chi connectivity index (χ0) is 20.9. The number of carbonyl (C=O) groups excluding carboxylic acids is 1. The van der Waals surface area contributed by atoms with Gasteiger partial charge in [0, 0.05) is 24.0 Å². The largest absolute Gasteiger partial charge is 0.473 e. The second kappa shape index (κ2) is 9.22. The Morgan fingerprint density at radius 3 is 2.97 bits per heavy atom. The zero-order valence-corrected chi connectivity index (χ0v) is 17.1. The molecule has 4 rings (SSSR count). The minimum atomic E-state index is -0.292. The maximum Gasteiger partial charge on any atom is 0.237 e. The average Bonchev–Trinajstić information content (AvgIpc) is 2.94. The summed E-state index contributed by atoms with van der Waals surface area (Å²) in [6.45, 7) is 3.46. The Labute approximate surface area is 175 Å². The minimum absolute atomic E-state index is 0.0410. The lowest BCUT2D eigenvalue weighted by Crippen LogP contribution is -2.42. The topological polar surface area (TPSA) is 63.2 Å². The first-order chi connectivity index (χ1) is 14.6. The Hall–Kier alpha value is -2.99. The van der Waals surface area contributed by atoms with Crippen LogP contribution >= 0.6 is 0 Å². The fraction of sp³-hybridized carbons (Fsp3) is 0.333. The minimum Gasteiger partial charge on any atom is -0.473 e. The molecule has 6 heteroatoms. The number of benzene rings is 2. The molecule has 1 aromatic heterocycles. The molecule has 1 atom stereocenters. The number of nitrogens with zero attached hydrogens (tertiary/aromatic N) is 1. The van der Waals surface area contributed by atoms with Gasteiger partial charge in [-0.25, -0.2) is 9.37 Å². The van der Waals surface area contributed by atoms with Crippen molar-refractivity contribution in [2.75, 3.05) is 6.54 Å². The first-order valence-corrected chi connectivity index (χ1v) is 10.4. The van der Waals surface area contributed by atoms with E-state index in [4.69, 9.17) is 9.72 Å². The van der Waals surface area contributed by atoms with Gasteiger partial charge < -0.3 is 15.4 Å². The zero-order valence-electron chi connectivity index (χ0n) is 17.1. The molecule has 0 spiro atoms. The Morgan fingerprint density at radius 2 is 2.10 bits per heavy atom. The van der Waals surface area contributed by atoms with E-state index < -0.39 is 0 Å². The molecule has 0 bridgehead atoms. The van der Waals surface area contributed by atoms with Crippen LogP contribution in [-0.2, 0) is 17.9 Å². The summed E-state index contributed by atoms with van der Waals surface area (Å²) in [7, 11) is 0. The molecule has 0 unspecified atom stereocenters. The van der Waals surface area contributed by atoms with Crippen molar-refractivity contribution >= 4 is 16.8 Å². The van der Waals surface area contributed by atoms with Gasteiger partial charge in [-0.3, -0.25) is 4.79 Å². The molecule has 1 amide bonds. The van der Waals surface area contributed by atoms with E-state index in [1.165, 1.54) is 12.1 Å². The SMILES string of the molecule is Cc1ccc2nc(OCc3cccc(F)c3)c(CN[C@H]3CCCCNC3=O)cc2c1. The molecule has 3 aromatic rings. The lowest BCUT2D eigenvalue weighted by molar-refractivity contribution is -0.122. The smallest absolute Gasteiger partial charge is 0.237 e. The summed E-state index contributed by atoms with van der Waals surface area (Å²) in [6, 6.07) is 14.2. The van der Waals surface area contributed by atoms with Crippen molar-refractivity contribution in [2.45, 2.75) is 45.4 Å². The van der Waals surface area contributed by atoms with Gasteiger partial charge in [-0.1, -0.05) is 23.8 Å².